The van der Waals surface area contributed by atoms with Crippen molar-refractivity contribution in [3.05, 3.63) is 28.2 Å². The van der Waals surface area contributed by atoms with Gasteiger partial charge in [0.05, 0.1) is 0 Å². The molecule has 1 rings (SSSR count). The first-order chi connectivity index (χ1) is 7.04. The molecule has 1 aromatic rings. The van der Waals surface area contributed by atoms with Crippen LogP contribution in [-0.4, -0.2) is 11.9 Å². The molecule has 0 spiro atoms. The van der Waals surface area contributed by atoms with Crippen molar-refractivity contribution in [1.29, 1.82) is 5.41 Å². The van der Waals surface area contributed by atoms with Gasteiger partial charge in [0.15, 0.2) is 6.10 Å². The lowest BCUT2D eigenvalue weighted by molar-refractivity contribution is 0.258. The number of ether oxygens (including phenoxy) is 1. The van der Waals surface area contributed by atoms with Gasteiger partial charge in [-0.25, -0.2) is 0 Å². The number of aryl methyl sites for hydroxylation is 1. The van der Waals surface area contributed by atoms with Crippen molar-refractivity contribution in [3.63, 3.8) is 0 Å². The highest BCUT2D eigenvalue weighted by Gasteiger charge is 2.12. The Morgan fingerprint density at radius 2 is 2.27 bits per heavy atom. The molecule has 3 N–H and O–H groups in total. The van der Waals surface area contributed by atoms with Gasteiger partial charge in [-0.3, -0.25) is 5.41 Å². The third-order valence-electron chi connectivity index (χ3n) is 2.12. The Bertz CT molecular complexity index is 366. The molecule has 0 aliphatic carbocycles. The maximum atomic E-state index is 7.36. The summed E-state index contributed by atoms with van der Waals surface area (Å²) in [5.74, 6) is 0.847. The van der Waals surface area contributed by atoms with Gasteiger partial charge in [-0.1, -0.05) is 22.9 Å². The monoisotopic (exact) mass is 270 g/mol. The SMILES string of the molecule is CCC(Oc1ccc(Br)cc1C)C(=N)N. The number of nitrogens with one attached hydrogen (secondary N) is 1. The summed E-state index contributed by atoms with van der Waals surface area (Å²) >= 11 is 3.39. The molecule has 0 aliphatic heterocycles. The molecule has 0 radical (unpaired) electrons. The van der Waals surface area contributed by atoms with Crippen LogP contribution in [0.2, 0.25) is 0 Å². The summed E-state index contributed by atoms with van der Waals surface area (Å²) < 4.78 is 6.66. The summed E-state index contributed by atoms with van der Waals surface area (Å²) in [6.45, 7) is 3.91. The van der Waals surface area contributed by atoms with E-state index < -0.39 is 0 Å². The molecule has 4 heteroatoms. The second-order valence-electron chi connectivity index (χ2n) is 3.38. The van der Waals surface area contributed by atoms with Crippen LogP contribution in [-0.2, 0) is 0 Å². The highest BCUT2D eigenvalue weighted by atomic mass is 79.9. The first kappa shape index (κ1) is 12.0. The minimum Gasteiger partial charge on any atom is -0.482 e. The van der Waals surface area contributed by atoms with E-state index in [4.69, 9.17) is 15.9 Å². The Balaban J connectivity index is 2.84. The lowest BCUT2D eigenvalue weighted by atomic mass is 10.2. The van der Waals surface area contributed by atoms with E-state index in [9.17, 15) is 0 Å². The van der Waals surface area contributed by atoms with Crippen molar-refractivity contribution in [1.82, 2.24) is 0 Å². The predicted molar refractivity (Wildman–Crippen MR) is 65.5 cm³/mol. The molecular formula is C11H15BrN2O. The summed E-state index contributed by atoms with van der Waals surface area (Å²) in [6.07, 6.45) is 0.370. The van der Waals surface area contributed by atoms with Crippen LogP contribution in [0.15, 0.2) is 22.7 Å². The van der Waals surface area contributed by atoms with Crippen molar-refractivity contribution >= 4 is 21.8 Å². The minimum atomic E-state index is -0.329. The number of benzene rings is 1. The maximum absolute atomic E-state index is 7.36. The van der Waals surface area contributed by atoms with Gasteiger partial charge < -0.3 is 10.5 Å². The zero-order chi connectivity index (χ0) is 11.4. The number of hydrogen-bond donors (Lipinski definition) is 2. The summed E-state index contributed by atoms with van der Waals surface area (Å²) in [6, 6.07) is 5.77. The predicted octanol–water partition coefficient (Wildman–Crippen LogP) is 2.85. The van der Waals surface area contributed by atoms with Crippen molar-refractivity contribution in [2.45, 2.75) is 26.4 Å². The van der Waals surface area contributed by atoms with Crippen LogP contribution in [0.1, 0.15) is 18.9 Å². The third kappa shape index (κ3) is 3.23. The second kappa shape index (κ2) is 5.16. The van der Waals surface area contributed by atoms with Gasteiger partial charge >= 0.3 is 0 Å². The fourth-order valence-electron chi connectivity index (χ4n) is 1.27. The molecule has 0 saturated carbocycles. The van der Waals surface area contributed by atoms with E-state index in [2.05, 4.69) is 15.9 Å². The van der Waals surface area contributed by atoms with E-state index >= 15 is 0 Å². The largest absolute Gasteiger partial charge is 0.482 e. The van der Waals surface area contributed by atoms with E-state index in [1.807, 2.05) is 32.0 Å². The van der Waals surface area contributed by atoms with Gasteiger partial charge in [0.2, 0.25) is 0 Å². The summed E-state index contributed by atoms with van der Waals surface area (Å²) in [7, 11) is 0. The zero-order valence-corrected chi connectivity index (χ0v) is 10.5. The van der Waals surface area contributed by atoms with Gasteiger partial charge in [0, 0.05) is 4.47 Å². The average Bonchev–Trinajstić information content (AvgIpc) is 2.16. The van der Waals surface area contributed by atoms with E-state index in [0.29, 0.717) is 6.42 Å². The summed E-state index contributed by atoms with van der Waals surface area (Å²) in [5, 5.41) is 7.36. The highest BCUT2D eigenvalue weighted by Crippen LogP contribution is 2.23. The van der Waals surface area contributed by atoms with Crippen LogP contribution < -0.4 is 10.5 Å². The molecule has 1 aromatic carbocycles. The van der Waals surface area contributed by atoms with Crippen LogP contribution in [0.5, 0.6) is 5.75 Å². The van der Waals surface area contributed by atoms with Crippen molar-refractivity contribution < 1.29 is 4.74 Å². The number of amidine groups is 1. The van der Waals surface area contributed by atoms with Crippen LogP contribution >= 0.6 is 15.9 Å². The highest BCUT2D eigenvalue weighted by molar-refractivity contribution is 9.10. The van der Waals surface area contributed by atoms with Crippen LogP contribution in [0.3, 0.4) is 0 Å². The van der Waals surface area contributed by atoms with Crippen molar-refractivity contribution in [2.24, 2.45) is 5.73 Å². The topological polar surface area (TPSA) is 59.1 Å². The maximum Gasteiger partial charge on any atom is 0.155 e. The Kier molecular flexibility index (Phi) is 4.15. The van der Waals surface area contributed by atoms with Crippen LogP contribution in [0.4, 0.5) is 0 Å². The quantitative estimate of drug-likeness (QED) is 0.653. The number of nitrogens with two attached hydrogens (primary N) is 1. The van der Waals surface area contributed by atoms with E-state index in [-0.39, 0.29) is 11.9 Å². The molecule has 0 aliphatic rings. The number of rotatable bonds is 4. The lowest BCUT2D eigenvalue weighted by Crippen LogP contribution is -2.32. The Morgan fingerprint density at radius 1 is 1.60 bits per heavy atom. The smallest absolute Gasteiger partial charge is 0.155 e. The second-order valence-corrected chi connectivity index (χ2v) is 4.30. The van der Waals surface area contributed by atoms with Crippen molar-refractivity contribution in [3.8, 4) is 5.75 Å². The molecule has 15 heavy (non-hydrogen) atoms. The van der Waals surface area contributed by atoms with Gasteiger partial charge in [-0.2, -0.15) is 0 Å². The Morgan fingerprint density at radius 3 is 2.73 bits per heavy atom. The van der Waals surface area contributed by atoms with Gasteiger partial charge in [0.1, 0.15) is 11.6 Å². The molecule has 0 bridgehead atoms. The number of halogens is 1. The normalized spacial score (nSPS) is 12.2. The molecule has 0 saturated heterocycles. The zero-order valence-electron chi connectivity index (χ0n) is 8.88. The molecule has 3 nitrogen and oxygen atoms in total. The van der Waals surface area contributed by atoms with Gasteiger partial charge in [-0.15, -0.1) is 0 Å². The van der Waals surface area contributed by atoms with E-state index in [1.54, 1.807) is 0 Å². The molecule has 0 fully saturated rings. The molecule has 1 atom stereocenters. The first-order valence-corrected chi connectivity index (χ1v) is 5.60. The summed E-state index contributed by atoms with van der Waals surface area (Å²) in [4.78, 5) is 0. The fraction of sp³-hybridized carbons (Fsp3) is 0.364. The standard InChI is InChI=1S/C11H15BrN2O/c1-3-9(11(13)14)15-10-5-4-8(12)6-7(10)2/h4-6,9H,3H2,1-2H3,(H3,13,14). The van der Waals surface area contributed by atoms with Gasteiger partial charge in [-0.05, 0) is 37.1 Å². The average molecular weight is 271 g/mol. The van der Waals surface area contributed by atoms with Gasteiger partial charge in [0.25, 0.3) is 0 Å². The van der Waals surface area contributed by atoms with E-state index in [1.165, 1.54) is 0 Å². The Labute approximate surface area is 98.3 Å². The first-order valence-electron chi connectivity index (χ1n) is 4.81. The molecule has 82 valence electrons. The lowest BCUT2D eigenvalue weighted by Gasteiger charge is -2.17. The van der Waals surface area contributed by atoms with Crippen molar-refractivity contribution in [2.75, 3.05) is 0 Å². The fourth-order valence-corrected chi connectivity index (χ4v) is 1.74. The molecular weight excluding hydrogens is 256 g/mol. The third-order valence-corrected chi connectivity index (χ3v) is 2.62. The van der Waals surface area contributed by atoms with Crippen LogP contribution in [0, 0.1) is 12.3 Å². The van der Waals surface area contributed by atoms with Crippen LogP contribution in [0.25, 0.3) is 0 Å². The number of hydrogen-bond acceptors (Lipinski definition) is 2. The van der Waals surface area contributed by atoms with E-state index in [0.717, 1.165) is 15.8 Å². The molecule has 0 aromatic heterocycles. The summed E-state index contributed by atoms with van der Waals surface area (Å²) in [5.41, 5.74) is 6.46. The molecule has 1 unspecified atom stereocenters. The Hall–Kier alpha value is -1.03. The minimum absolute atomic E-state index is 0.0693. The molecule has 0 heterocycles. The molecule has 0 amide bonds.